The van der Waals surface area contributed by atoms with E-state index in [2.05, 4.69) is 4.84 Å². The number of hydrogen-bond acceptors (Lipinski definition) is 3. The molecule has 0 aliphatic heterocycles. The summed E-state index contributed by atoms with van der Waals surface area (Å²) in [6.07, 6.45) is 0. The standard InChI is InChI=1S/C6H4Cl2N2O2/c7-4-1-2-5(9-8)6(3-4)10(11)12/h1-3,9H. The lowest BCUT2D eigenvalue weighted by atomic mass is 10.3. The summed E-state index contributed by atoms with van der Waals surface area (Å²) >= 11 is 10.8. The maximum absolute atomic E-state index is 10.4. The molecule has 0 atom stereocenters. The van der Waals surface area contributed by atoms with E-state index in [1.165, 1.54) is 18.2 Å². The predicted molar refractivity (Wildman–Crippen MR) is 47.6 cm³/mol. The molecule has 6 heteroatoms. The van der Waals surface area contributed by atoms with Crippen molar-refractivity contribution in [1.82, 2.24) is 0 Å². The molecule has 64 valence electrons. The van der Waals surface area contributed by atoms with Crippen LogP contribution >= 0.6 is 23.4 Å². The van der Waals surface area contributed by atoms with Crippen LogP contribution in [0.3, 0.4) is 0 Å². The zero-order valence-electron chi connectivity index (χ0n) is 5.75. The maximum atomic E-state index is 10.4. The molecule has 1 aromatic rings. The molecule has 0 amide bonds. The van der Waals surface area contributed by atoms with Gasteiger partial charge in [-0.15, -0.1) is 0 Å². The van der Waals surface area contributed by atoms with Crippen molar-refractivity contribution in [2.45, 2.75) is 0 Å². The average molecular weight is 207 g/mol. The van der Waals surface area contributed by atoms with Gasteiger partial charge < -0.3 is 0 Å². The molecule has 4 nitrogen and oxygen atoms in total. The molecule has 1 aromatic carbocycles. The molecule has 0 aromatic heterocycles. The van der Waals surface area contributed by atoms with E-state index in [1.807, 2.05) is 0 Å². The second kappa shape index (κ2) is 3.60. The van der Waals surface area contributed by atoms with Gasteiger partial charge in [0.2, 0.25) is 0 Å². The molecular formula is C6H4Cl2N2O2. The first-order valence-electron chi connectivity index (χ1n) is 2.95. The highest BCUT2D eigenvalue weighted by atomic mass is 35.5. The number of anilines is 1. The van der Waals surface area contributed by atoms with E-state index in [0.29, 0.717) is 5.02 Å². The first kappa shape index (κ1) is 9.09. The third kappa shape index (κ3) is 1.78. The Kier molecular flexibility index (Phi) is 2.73. The minimum absolute atomic E-state index is 0.141. The van der Waals surface area contributed by atoms with Crippen molar-refractivity contribution in [1.29, 1.82) is 0 Å². The Balaban J connectivity index is 3.21. The monoisotopic (exact) mass is 206 g/mol. The van der Waals surface area contributed by atoms with E-state index in [1.54, 1.807) is 0 Å². The van der Waals surface area contributed by atoms with E-state index in [-0.39, 0.29) is 11.4 Å². The summed E-state index contributed by atoms with van der Waals surface area (Å²) in [4.78, 5) is 12.0. The topological polar surface area (TPSA) is 55.2 Å². The molecule has 0 spiro atoms. The van der Waals surface area contributed by atoms with Gasteiger partial charge in [-0.05, 0) is 12.1 Å². The highest BCUT2D eigenvalue weighted by molar-refractivity contribution is 6.31. The van der Waals surface area contributed by atoms with Crippen LogP contribution in [0.4, 0.5) is 11.4 Å². The zero-order chi connectivity index (χ0) is 9.14. The minimum atomic E-state index is -0.559. The van der Waals surface area contributed by atoms with E-state index in [4.69, 9.17) is 23.4 Å². The van der Waals surface area contributed by atoms with Gasteiger partial charge in [-0.1, -0.05) is 11.6 Å². The van der Waals surface area contributed by atoms with Crippen LogP contribution in [0.2, 0.25) is 5.02 Å². The predicted octanol–water partition coefficient (Wildman–Crippen LogP) is 2.81. The number of rotatable bonds is 2. The largest absolute Gasteiger partial charge is 0.295 e. The molecule has 0 saturated carbocycles. The molecule has 0 heterocycles. The molecular weight excluding hydrogens is 203 g/mol. The van der Waals surface area contributed by atoms with Crippen molar-refractivity contribution in [3.63, 3.8) is 0 Å². The van der Waals surface area contributed by atoms with Gasteiger partial charge in [-0.3, -0.25) is 15.0 Å². The average Bonchev–Trinajstić information content (AvgIpc) is 2.04. The molecule has 0 unspecified atom stereocenters. The lowest BCUT2D eigenvalue weighted by molar-refractivity contribution is -0.383. The molecule has 0 aliphatic carbocycles. The Hall–Kier alpha value is -1.00. The second-order valence-corrected chi connectivity index (χ2v) is 2.64. The highest BCUT2D eigenvalue weighted by Crippen LogP contribution is 2.27. The molecule has 12 heavy (non-hydrogen) atoms. The molecule has 1 N–H and O–H groups in total. The molecule has 0 saturated heterocycles. The number of nitrogens with one attached hydrogen (secondary N) is 1. The van der Waals surface area contributed by atoms with Gasteiger partial charge in [0.15, 0.2) is 0 Å². The van der Waals surface area contributed by atoms with Gasteiger partial charge in [0.25, 0.3) is 5.69 Å². The van der Waals surface area contributed by atoms with Gasteiger partial charge >= 0.3 is 0 Å². The van der Waals surface area contributed by atoms with E-state index >= 15 is 0 Å². The summed E-state index contributed by atoms with van der Waals surface area (Å²) in [5, 5.41) is 10.7. The summed E-state index contributed by atoms with van der Waals surface area (Å²) in [5.74, 6) is 0. The Bertz CT molecular complexity index is 316. The summed E-state index contributed by atoms with van der Waals surface area (Å²) in [7, 11) is 0. The summed E-state index contributed by atoms with van der Waals surface area (Å²) in [6, 6.07) is 4.18. The summed E-state index contributed by atoms with van der Waals surface area (Å²) < 4.78 is 0. The molecule has 0 fully saturated rings. The molecule has 0 bridgehead atoms. The third-order valence-corrected chi connectivity index (χ3v) is 1.70. The fourth-order valence-electron chi connectivity index (χ4n) is 0.736. The third-order valence-electron chi connectivity index (χ3n) is 1.26. The van der Waals surface area contributed by atoms with Crippen LogP contribution in [0.1, 0.15) is 0 Å². The summed E-state index contributed by atoms with van der Waals surface area (Å²) in [5.41, 5.74) is 0.0866. The second-order valence-electron chi connectivity index (χ2n) is 2.01. The van der Waals surface area contributed by atoms with E-state index in [9.17, 15) is 10.1 Å². The molecule has 0 aliphatic rings. The Morgan fingerprint density at radius 3 is 2.67 bits per heavy atom. The van der Waals surface area contributed by atoms with Gasteiger partial charge in [0.1, 0.15) is 5.69 Å². The normalized spacial score (nSPS) is 9.50. The molecule has 1 rings (SSSR count). The van der Waals surface area contributed by atoms with Crippen LogP contribution < -0.4 is 4.84 Å². The van der Waals surface area contributed by atoms with Gasteiger partial charge in [-0.25, -0.2) is 0 Å². The lowest BCUT2D eigenvalue weighted by Crippen LogP contribution is -1.92. The smallest absolute Gasteiger partial charge is 0.292 e. The lowest BCUT2D eigenvalue weighted by Gasteiger charge is -1.99. The van der Waals surface area contributed by atoms with Crippen LogP contribution in [-0.2, 0) is 0 Å². The SMILES string of the molecule is O=[N+]([O-])c1cc(Cl)ccc1NCl. The van der Waals surface area contributed by atoms with Crippen LogP contribution in [0.15, 0.2) is 18.2 Å². The number of nitro groups is 1. The van der Waals surface area contributed by atoms with Crippen LogP contribution in [0.5, 0.6) is 0 Å². The Morgan fingerprint density at radius 1 is 1.50 bits per heavy atom. The van der Waals surface area contributed by atoms with Crippen molar-refractivity contribution in [2.24, 2.45) is 0 Å². The zero-order valence-corrected chi connectivity index (χ0v) is 7.26. The first-order valence-corrected chi connectivity index (χ1v) is 3.71. The van der Waals surface area contributed by atoms with Crippen molar-refractivity contribution >= 4 is 34.8 Å². The van der Waals surface area contributed by atoms with Crippen molar-refractivity contribution in [3.05, 3.63) is 33.3 Å². The number of nitro benzene ring substituents is 1. The van der Waals surface area contributed by atoms with Crippen LogP contribution in [-0.4, -0.2) is 4.92 Å². The van der Waals surface area contributed by atoms with Crippen molar-refractivity contribution < 1.29 is 4.92 Å². The number of nitrogens with zero attached hydrogens (tertiary/aromatic N) is 1. The van der Waals surface area contributed by atoms with Crippen LogP contribution in [0.25, 0.3) is 0 Å². The number of hydrogen-bond donors (Lipinski definition) is 1. The quantitative estimate of drug-likeness (QED) is 0.460. The van der Waals surface area contributed by atoms with Crippen molar-refractivity contribution in [3.8, 4) is 0 Å². The van der Waals surface area contributed by atoms with Crippen LogP contribution in [0, 0.1) is 10.1 Å². The van der Waals surface area contributed by atoms with Gasteiger partial charge in [-0.2, -0.15) is 0 Å². The first-order chi connectivity index (χ1) is 5.65. The minimum Gasteiger partial charge on any atom is -0.292 e. The number of benzene rings is 1. The fourth-order valence-corrected chi connectivity index (χ4v) is 1.06. The summed E-state index contributed by atoms with van der Waals surface area (Å²) in [6.45, 7) is 0. The Morgan fingerprint density at radius 2 is 2.17 bits per heavy atom. The van der Waals surface area contributed by atoms with Crippen molar-refractivity contribution in [2.75, 3.05) is 4.84 Å². The maximum Gasteiger partial charge on any atom is 0.295 e. The van der Waals surface area contributed by atoms with Gasteiger partial charge in [0.05, 0.1) is 4.92 Å². The molecule has 0 radical (unpaired) electrons. The van der Waals surface area contributed by atoms with E-state index < -0.39 is 4.92 Å². The fraction of sp³-hybridized carbons (Fsp3) is 0. The Labute approximate surface area is 78.4 Å². The van der Waals surface area contributed by atoms with E-state index in [0.717, 1.165) is 0 Å². The highest BCUT2D eigenvalue weighted by Gasteiger charge is 2.12. The number of halogens is 2. The van der Waals surface area contributed by atoms with Gasteiger partial charge in [0, 0.05) is 22.9 Å².